The van der Waals surface area contributed by atoms with Gasteiger partial charge in [-0.25, -0.2) is 0 Å². The first-order valence-corrected chi connectivity index (χ1v) is 5.99. The summed E-state index contributed by atoms with van der Waals surface area (Å²) < 4.78 is 5.60. The number of hydrogen-bond acceptors (Lipinski definition) is 5. The summed E-state index contributed by atoms with van der Waals surface area (Å²) in [6.07, 6.45) is 1.78. The van der Waals surface area contributed by atoms with Crippen LogP contribution in [0.4, 0.5) is 0 Å². The number of nitrogens with zero attached hydrogens (tertiary/aromatic N) is 4. The number of aromatic nitrogens is 4. The van der Waals surface area contributed by atoms with Crippen molar-refractivity contribution < 1.29 is 5.11 Å². The maximum Gasteiger partial charge on any atom is 0.104 e. The van der Waals surface area contributed by atoms with Gasteiger partial charge in [0.15, 0.2) is 0 Å². The highest BCUT2D eigenvalue weighted by atomic mass is 32.1. The first kappa shape index (κ1) is 11.2. The van der Waals surface area contributed by atoms with Crippen LogP contribution in [0, 0.1) is 0 Å². The lowest BCUT2D eigenvalue weighted by molar-refractivity contribution is 0.172. The molecule has 1 unspecified atom stereocenters. The van der Waals surface area contributed by atoms with E-state index >= 15 is 0 Å². The third kappa shape index (κ3) is 2.45. The summed E-state index contributed by atoms with van der Waals surface area (Å²) in [7, 11) is 0. The highest BCUT2D eigenvalue weighted by Crippen LogP contribution is 2.16. The zero-order valence-electron chi connectivity index (χ0n) is 9.24. The molecule has 6 heteroatoms. The third-order valence-corrected chi connectivity index (χ3v) is 2.84. The fourth-order valence-electron chi connectivity index (χ4n) is 1.39. The molecule has 1 N–H and O–H groups in total. The van der Waals surface area contributed by atoms with Crippen molar-refractivity contribution in [2.24, 2.45) is 0 Å². The standard InChI is InChI=1S/C10H14N4OS/c1-7(2)14-4-3-8(12-14)5-10(15)9-6-16-13-11-9/h3-4,6-7,10,15H,5H2,1-2H3. The summed E-state index contributed by atoms with van der Waals surface area (Å²) in [5, 5.41) is 19.8. The van der Waals surface area contributed by atoms with E-state index in [1.54, 1.807) is 5.38 Å². The highest BCUT2D eigenvalue weighted by molar-refractivity contribution is 7.03. The minimum Gasteiger partial charge on any atom is -0.386 e. The fraction of sp³-hybridized carbons (Fsp3) is 0.500. The zero-order valence-corrected chi connectivity index (χ0v) is 10.1. The van der Waals surface area contributed by atoms with Crippen molar-refractivity contribution in [1.82, 2.24) is 19.4 Å². The molecule has 2 aromatic rings. The van der Waals surface area contributed by atoms with Gasteiger partial charge in [0, 0.05) is 24.0 Å². The molecule has 2 rings (SSSR count). The average Bonchev–Trinajstić information content (AvgIpc) is 2.87. The number of aliphatic hydroxyl groups excluding tert-OH is 1. The second-order valence-corrected chi connectivity index (χ2v) is 4.54. The van der Waals surface area contributed by atoms with Crippen LogP contribution in [0.25, 0.3) is 0 Å². The monoisotopic (exact) mass is 238 g/mol. The van der Waals surface area contributed by atoms with Crippen molar-refractivity contribution in [1.29, 1.82) is 0 Å². The summed E-state index contributed by atoms with van der Waals surface area (Å²) in [6, 6.07) is 2.26. The maximum absolute atomic E-state index is 9.87. The van der Waals surface area contributed by atoms with Crippen LogP contribution in [0.15, 0.2) is 17.6 Å². The Hall–Kier alpha value is -1.27. The minimum atomic E-state index is -0.616. The summed E-state index contributed by atoms with van der Waals surface area (Å²) in [4.78, 5) is 0. The van der Waals surface area contributed by atoms with Crippen LogP contribution in [0.2, 0.25) is 0 Å². The molecular formula is C10H14N4OS. The van der Waals surface area contributed by atoms with Crippen LogP contribution in [0.5, 0.6) is 0 Å². The Labute approximate surface area is 97.9 Å². The fourth-order valence-corrected chi connectivity index (χ4v) is 1.89. The molecule has 2 heterocycles. The number of hydrogen-bond donors (Lipinski definition) is 1. The SMILES string of the molecule is CC(C)n1ccc(CC(O)c2csnn2)n1. The van der Waals surface area contributed by atoms with Gasteiger partial charge in [0.05, 0.1) is 5.69 Å². The van der Waals surface area contributed by atoms with Crippen molar-refractivity contribution >= 4 is 11.5 Å². The Morgan fingerprint density at radius 3 is 2.88 bits per heavy atom. The van der Waals surface area contributed by atoms with Gasteiger partial charge in [-0.2, -0.15) is 5.10 Å². The molecule has 0 aromatic carbocycles. The van der Waals surface area contributed by atoms with Crippen LogP contribution in [-0.2, 0) is 6.42 Å². The van der Waals surface area contributed by atoms with Crippen LogP contribution in [0.3, 0.4) is 0 Å². The zero-order chi connectivity index (χ0) is 11.5. The Kier molecular flexibility index (Phi) is 3.31. The first-order chi connectivity index (χ1) is 7.66. The van der Waals surface area contributed by atoms with Crippen LogP contribution in [0.1, 0.15) is 37.4 Å². The lowest BCUT2D eigenvalue weighted by atomic mass is 10.1. The lowest BCUT2D eigenvalue weighted by Crippen LogP contribution is -2.05. The van der Waals surface area contributed by atoms with Gasteiger partial charge in [0.2, 0.25) is 0 Å². The molecule has 2 aromatic heterocycles. The first-order valence-electron chi connectivity index (χ1n) is 5.16. The summed E-state index contributed by atoms with van der Waals surface area (Å²) in [6.45, 7) is 4.13. The molecule has 0 amide bonds. The van der Waals surface area contributed by atoms with Crippen molar-refractivity contribution in [2.75, 3.05) is 0 Å². The molecule has 16 heavy (non-hydrogen) atoms. The second kappa shape index (κ2) is 4.71. The minimum absolute atomic E-state index is 0.340. The van der Waals surface area contributed by atoms with E-state index in [-0.39, 0.29) is 0 Å². The largest absolute Gasteiger partial charge is 0.386 e. The molecule has 0 spiro atoms. The summed E-state index contributed by atoms with van der Waals surface area (Å²) >= 11 is 1.24. The van der Waals surface area contributed by atoms with E-state index in [2.05, 4.69) is 28.5 Å². The number of aliphatic hydroxyl groups is 1. The van der Waals surface area contributed by atoms with Gasteiger partial charge in [-0.3, -0.25) is 4.68 Å². The Morgan fingerprint density at radius 2 is 2.31 bits per heavy atom. The van der Waals surface area contributed by atoms with E-state index in [1.165, 1.54) is 11.5 Å². The summed E-state index contributed by atoms with van der Waals surface area (Å²) in [5.41, 5.74) is 1.48. The predicted octanol–water partition coefficient (Wildman–Crippen LogP) is 1.59. The Morgan fingerprint density at radius 1 is 1.50 bits per heavy atom. The van der Waals surface area contributed by atoms with Crippen molar-refractivity contribution in [3.63, 3.8) is 0 Å². The van der Waals surface area contributed by atoms with Gasteiger partial charge in [-0.05, 0) is 31.4 Å². The van der Waals surface area contributed by atoms with Gasteiger partial charge in [-0.1, -0.05) is 4.49 Å². The third-order valence-electron chi connectivity index (χ3n) is 2.31. The summed E-state index contributed by atoms with van der Waals surface area (Å²) in [5.74, 6) is 0. The molecule has 0 radical (unpaired) electrons. The van der Waals surface area contributed by atoms with Crippen molar-refractivity contribution in [3.05, 3.63) is 29.0 Å². The predicted molar refractivity (Wildman–Crippen MR) is 61.2 cm³/mol. The number of rotatable bonds is 4. The molecule has 0 fully saturated rings. The van der Waals surface area contributed by atoms with E-state index in [0.29, 0.717) is 18.2 Å². The van der Waals surface area contributed by atoms with Crippen molar-refractivity contribution in [2.45, 2.75) is 32.4 Å². The van der Waals surface area contributed by atoms with Crippen molar-refractivity contribution in [3.8, 4) is 0 Å². The van der Waals surface area contributed by atoms with E-state index < -0.39 is 6.10 Å². The van der Waals surface area contributed by atoms with Crippen LogP contribution < -0.4 is 0 Å². The molecular weight excluding hydrogens is 224 g/mol. The molecule has 1 atom stereocenters. The molecule has 0 bridgehead atoms. The van der Waals surface area contributed by atoms with Gasteiger partial charge in [0.1, 0.15) is 11.8 Å². The Bertz CT molecular complexity index is 437. The maximum atomic E-state index is 9.87. The molecule has 86 valence electrons. The van der Waals surface area contributed by atoms with E-state index in [0.717, 1.165) is 5.69 Å². The van der Waals surface area contributed by atoms with Crippen LogP contribution in [-0.4, -0.2) is 24.5 Å². The van der Waals surface area contributed by atoms with E-state index in [9.17, 15) is 5.11 Å². The van der Waals surface area contributed by atoms with Gasteiger partial charge in [0.25, 0.3) is 0 Å². The average molecular weight is 238 g/mol. The lowest BCUT2D eigenvalue weighted by Gasteiger charge is -2.06. The highest BCUT2D eigenvalue weighted by Gasteiger charge is 2.13. The molecule has 0 aliphatic carbocycles. The second-order valence-electron chi connectivity index (χ2n) is 3.93. The molecule has 0 aliphatic rings. The van der Waals surface area contributed by atoms with E-state index in [1.807, 2.05) is 16.9 Å². The quantitative estimate of drug-likeness (QED) is 0.878. The smallest absolute Gasteiger partial charge is 0.104 e. The van der Waals surface area contributed by atoms with Crippen LogP contribution >= 0.6 is 11.5 Å². The molecule has 0 aliphatic heterocycles. The van der Waals surface area contributed by atoms with Gasteiger partial charge < -0.3 is 5.11 Å². The van der Waals surface area contributed by atoms with E-state index in [4.69, 9.17) is 0 Å². The Balaban J connectivity index is 2.03. The van der Waals surface area contributed by atoms with Gasteiger partial charge >= 0.3 is 0 Å². The normalized spacial score (nSPS) is 13.2. The van der Waals surface area contributed by atoms with Gasteiger partial charge in [-0.15, -0.1) is 5.10 Å². The topological polar surface area (TPSA) is 63.8 Å². The molecule has 5 nitrogen and oxygen atoms in total. The molecule has 0 saturated heterocycles. The molecule has 0 saturated carbocycles.